The second-order valence-electron chi connectivity index (χ2n) is 6.23. The van der Waals surface area contributed by atoms with E-state index >= 15 is 0 Å². The Balaban J connectivity index is 2.02. The quantitative estimate of drug-likeness (QED) is 0.571. The molecular weight excluding hydrogens is 348 g/mol. The maximum atomic E-state index is 12.8. The second kappa shape index (κ2) is 8.12. The average Bonchev–Trinajstić information content (AvgIpc) is 3.21. The Bertz CT molecular complexity index is 827. The number of benzene rings is 1. The Kier molecular flexibility index (Phi) is 5.64. The topological polar surface area (TPSA) is 75.0 Å². The fourth-order valence-electron chi connectivity index (χ4n) is 3.35. The van der Waals surface area contributed by atoms with Crippen molar-refractivity contribution in [3.63, 3.8) is 0 Å². The summed E-state index contributed by atoms with van der Waals surface area (Å²) in [5.74, 6) is -0.321. The summed E-state index contributed by atoms with van der Waals surface area (Å²) < 4.78 is 21.3. The van der Waals surface area contributed by atoms with E-state index in [1.807, 2.05) is 12.1 Å². The third-order valence-corrected chi connectivity index (χ3v) is 4.64. The van der Waals surface area contributed by atoms with Gasteiger partial charge in [-0.25, -0.2) is 0 Å². The van der Waals surface area contributed by atoms with Crippen LogP contribution in [0.3, 0.4) is 0 Å². The minimum atomic E-state index is -0.910. The summed E-state index contributed by atoms with van der Waals surface area (Å²) in [7, 11) is 3.14. The molecule has 1 aliphatic rings. The minimum Gasteiger partial charge on any atom is -0.497 e. The van der Waals surface area contributed by atoms with Gasteiger partial charge in [0.25, 0.3) is 0 Å². The van der Waals surface area contributed by atoms with E-state index in [1.54, 1.807) is 39.3 Å². The van der Waals surface area contributed by atoms with Gasteiger partial charge >= 0.3 is 5.97 Å². The number of hydrogen-bond acceptors (Lipinski definition) is 6. The van der Waals surface area contributed by atoms with Gasteiger partial charge in [0.15, 0.2) is 5.78 Å². The van der Waals surface area contributed by atoms with Crippen LogP contribution < -0.4 is 9.47 Å². The Morgan fingerprint density at radius 2 is 1.89 bits per heavy atom. The first-order valence-electron chi connectivity index (χ1n) is 8.75. The van der Waals surface area contributed by atoms with E-state index in [0.29, 0.717) is 23.7 Å². The molecule has 2 aromatic rings. The fourth-order valence-corrected chi connectivity index (χ4v) is 3.35. The average molecular weight is 370 g/mol. The molecule has 0 saturated heterocycles. The van der Waals surface area contributed by atoms with Crippen molar-refractivity contribution in [2.75, 3.05) is 20.8 Å². The van der Waals surface area contributed by atoms with Gasteiger partial charge in [0.1, 0.15) is 23.2 Å². The minimum absolute atomic E-state index is 0.219. The van der Waals surface area contributed by atoms with Gasteiger partial charge < -0.3 is 18.6 Å². The standard InChI is InChI=1S/C21H22O6/c1-4-26-21(23)20-17(19-6-5-7-27-19)10-14(11-18(20)22)13-8-15(24-2)12-16(9-13)25-3/h5-9,11-12,17,20H,4,10H2,1-3H3/t17-,20-/m1/s1. The first-order chi connectivity index (χ1) is 13.1. The number of carbonyl (C=O) groups is 2. The molecule has 6 nitrogen and oxygen atoms in total. The van der Waals surface area contributed by atoms with E-state index in [4.69, 9.17) is 18.6 Å². The summed E-state index contributed by atoms with van der Waals surface area (Å²) in [6.07, 6.45) is 3.50. The summed E-state index contributed by atoms with van der Waals surface area (Å²) >= 11 is 0. The zero-order valence-electron chi connectivity index (χ0n) is 15.6. The Morgan fingerprint density at radius 1 is 1.19 bits per heavy atom. The summed E-state index contributed by atoms with van der Waals surface area (Å²) in [6.45, 7) is 1.94. The smallest absolute Gasteiger partial charge is 0.317 e. The lowest BCUT2D eigenvalue weighted by Gasteiger charge is -2.28. The number of carbonyl (C=O) groups excluding carboxylic acids is 2. The van der Waals surface area contributed by atoms with Gasteiger partial charge in [-0.2, -0.15) is 0 Å². The highest BCUT2D eigenvalue weighted by molar-refractivity contribution is 6.10. The lowest BCUT2D eigenvalue weighted by atomic mass is 9.75. The number of furan rings is 1. The highest BCUT2D eigenvalue weighted by Gasteiger charge is 2.41. The molecule has 0 fully saturated rings. The molecule has 0 saturated carbocycles. The third-order valence-electron chi connectivity index (χ3n) is 4.64. The van der Waals surface area contributed by atoms with Crippen molar-refractivity contribution in [3.05, 3.63) is 54.0 Å². The molecule has 0 aliphatic heterocycles. The van der Waals surface area contributed by atoms with Gasteiger partial charge in [-0.3, -0.25) is 9.59 Å². The highest BCUT2D eigenvalue weighted by Crippen LogP contribution is 2.41. The van der Waals surface area contributed by atoms with Crippen molar-refractivity contribution in [2.45, 2.75) is 19.3 Å². The SMILES string of the molecule is CCOC(=O)[C@H]1C(=O)C=C(c2cc(OC)cc(OC)c2)C[C@@H]1c1ccco1. The number of ether oxygens (including phenoxy) is 3. The molecule has 2 atom stereocenters. The molecule has 0 amide bonds. The normalized spacial score (nSPS) is 19.4. The van der Waals surface area contributed by atoms with E-state index in [1.165, 1.54) is 12.3 Å². The molecule has 0 spiro atoms. The molecule has 0 N–H and O–H groups in total. The van der Waals surface area contributed by atoms with E-state index < -0.39 is 17.8 Å². The van der Waals surface area contributed by atoms with Crippen LogP contribution in [0.15, 0.2) is 47.1 Å². The predicted octanol–water partition coefficient (Wildman–Crippen LogP) is 3.62. The van der Waals surface area contributed by atoms with Crippen LogP contribution in [0.25, 0.3) is 5.57 Å². The number of hydrogen-bond donors (Lipinski definition) is 0. The zero-order chi connectivity index (χ0) is 19.4. The summed E-state index contributed by atoms with van der Waals surface area (Å²) in [5, 5.41) is 0. The molecule has 1 aliphatic carbocycles. The molecule has 27 heavy (non-hydrogen) atoms. The molecular formula is C21H22O6. The van der Waals surface area contributed by atoms with Crippen LogP contribution in [0, 0.1) is 5.92 Å². The highest BCUT2D eigenvalue weighted by atomic mass is 16.5. The molecule has 0 radical (unpaired) electrons. The third kappa shape index (κ3) is 3.89. The predicted molar refractivity (Wildman–Crippen MR) is 98.7 cm³/mol. The maximum absolute atomic E-state index is 12.8. The number of methoxy groups -OCH3 is 2. The van der Waals surface area contributed by atoms with Crippen LogP contribution in [0.2, 0.25) is 0 Å². The van der Waals surface area contributed by atoms with Gasteiger partial charge in [-0.05, 0) is 54.8 Å². The van der Waals surface area contributed by atoms with Gasteiger partial charge in [0.05, 0.1) is 27.1 Å². The van der Waals surface area contributed by atoms with Gasteiger partial charge in [-0.15, -0.1) is 0 Å². The fraction of sp³-hybridized carbons (Fsp3) is 0.333. The Hall–Kier alpha value is -3.02. The summed E-state index contributed by atoms with van der Waals surface area (Å²) in [5.41, 5.74) is 1.59. The van der Waals surface area contributed by atoms with Gasteiger partial charge in [-0.1, -0.05) is 0 Å². The largest absolute Gasteiger partial charge is 0.497 e. The van der Waals surface area contributed by atoms with Gasteiger partial charge in [0.2, 0.25) is 0 Å². The Labute approximate surface area is 157 Å². The van der Waals surface area contributed by atoms with E-state index in [0.717, 1.165) is 11.1 Å². The van der Waals surface area contributed by atoms with Crippen molar-refractivity contribution in [2.24, 2.45) is 5.92 Å². The number of allylic oxidation sites excluding steroid dienone is 2. The van der Waals surface area contributed by atoms with Crippen LogP contribution in [0.5, 0.6) is 11.5 Å². The zero-order valence-corrected chi connectivity index (χ0v) is 15.6. The van der Waals surface area contributed by atoms with Gasteiger partial charge in [0, 0.05) is 12.0 Å². The molecule has 1 aromatic carbocycles. The van der Waals surface area contributed by atoms with Crippen LogP contribution in [0.4, 0.5) is 0 Å². The van der Waals surface area contributed by atoms with Crippen LogP contribution in [-0.2, 0) is 14.3 Å². The number of esters is 1. The van der Waals surface area contributed by atoms with Crippen molar-refractivity contribution in [1.29, 1.82) is 0 Å². The van der Waals surface area contributed by atoms with Crippen molar-refractivity contribution in [3.8, 4) is 11.5 Å². The monoisotopic (exact) mass is 370 g/mol. The molecule has 3 rings (SSSR count). The molecule has 142 valence electrons. The first-order valence-corrected chi connectivity index (χ1v) is 8.75. The lowest BCUT2D eigenvalue weighted by Crippen LogP contribution is -2.33. The summed E-state index contributed by atoms with van der Waals surface area (Å²) in [4.78, 5) is 25.2. The maximum Gasteiger partial charge on any atom is 0.317 e. The molecule has 0 unspecified atom stereocenters. The summed E-state index contributed by atoms with van der Waals surface area (Å²) in [6, 6.07) is 8.96. The lowest BCUT2D eigenvalue weighted by molar-refractivity contribution is -0.151. The number of rotatable bonds is 6. The molecule has 1 heterocycles. The molecule has 6 heteroatoms. The van der Waals surface area contributed by atoms with Crippen LogP contribution >= 0.6 is 0 Å². The van der Waals surface area contributed by atoms with E-state index in [9.17, 15) is 9.59 Å². The molecule has 0 bridgehead atoms. The van der Waals surface area contributed by atoms with Crippen molar-refractivity contribution < 1.29 is 28.2 Å². The van der Waals surface area contributed by atoms with Crippen molar-refractivity contribution >= 4 is 17.3 Å². The van der Waals surface area contributed by atoms with E-state index in [2.05, 4.69) is 0 Å². The number of ketones is 1. The first kappa shape index (κ1) is 18.8. The second-order valence-corrected chi connectivity index (χ2v) is 6.23. The van der Waals surface area contributed by atoms with Crippen LogP contribution in [0.1, 0.15) is 30.6 Å². The van der Waals surface area contributed by atoms with Crippen LogP contribution in [-0.4, -0.2) is 32.6 Å². The molecule has 1 aromatic heterocycles. The Morgan fingerprint density at radius 3 is 2.44 bits per heavy atom. The van der Waals surface area contributed by atoms with E-state index in [-0.39, 0.29) is 12.4 Å². The van der Waals surface area contributed by atoms with Crippen molar-refractivity contribution in [1.82, 2.24) is 0 Å².